The van der Waals surface area contributed by atoms with Crippen molar-refractivity contribution in [1.29, 1.82) is 0 Å². The fourth-order valence-electron chi connectivity index (χ4n) is 1.57. The summed E-state index contributed by atoms with van der Waals surface area (Å²) in [5.74, 6) is 1.13. The van der Waals surface area contributed by atoms with Gasteiger partial charge in [-0.25, -0.2) is 9.97 Å². The van der Waals surface area contributed by atoms with Gasteiger partial charge in [-0.1, -0.05) is 31.5 Å². The van der Waals surface area contributed by atoms with Crippen molar-refractivity contribution in [3.05, 3.63) is 18.0 Å². The van der Waals surface area contributed by atoms with Gasteiger partial charge in [0.2, 0.25) is 0 Å². The van der Waals surface area contributed by atoms with Crippen molar-refractivity contribution in [1.82, 2.24) is 15.3 Å². The summed E-state index contributed by atoms with van der Waals surface area (Å²) < 4.78 is 0. The van der Waals surface area contributed by atoms with Crippen LogP contribution in [0.5, 0.6) is 0 Å². The van der Waals surface area contributed by atoms with Crippen LogP contribution in [0.15, 0.2) is 17.6 Å². The molecule has 0 unspecified atom stereocenters. The summed E-state index contributed by atoms with van der Waals surface area (Å²) >= 11 is 1.76. The van der Waals surface area contributed by atoms with E-state index in [9.17, 15) is 0 Å². The molecular weight excluding hydrogens is 230 g/mol. The van der Waals surface area contributed by atoms with Gasteiger partial charge in [0.25, 0.3) is 0 Å². The largest absolute Gasteiger partial charge is 0.310 e. The van der Waals surface area contributed by atoms with Gasteiger partial charge in [-0.2, -0.15) is 0 Å². The maximum Gasteiger partial charge on any atom is 0.187 e. The highest BCUT2D eigenvalue weighted by molar-refractivity contribution is 7.99. The molecule has 1 aromatic rings. The summed E-state index contributed by atoms with van der Waals surface area (Å²) in [6.45, 7) is 3.13. The Balaban J connectivity index is 1.68. The number of hydrogen-bond donors (Lipinski definition) is 1. The van der Waals surface area contributed by atoms with E-state index in [1.807, 2.05) is 12.4 Å². The molecule has 0 bridgehead atoms. The van der Waals surface area contributed by atoms with Crippen molar-refractivity contribution in [2.45, 2.75) is 56.8 Å². The molecule has 0 spiro atoms. The SMILES string of the molecule is CCCCCSc1ncc(CNC2CC2)cn1. The number of aromatic nitrogens is 2. The molecule has 0 saturated heterocycles. The maximum atomic E-state index is 4.39. The molecule has 0 radical (unpaired) electrons. The molecule has 17 heavy (non-hydrogen) atoms. The van der Waals surface area contributed by atoms with E-state index in [2.05, 4.69) is 22.2 Å². The van der Waals surface area contributed by atoms with E-state index < -0.39 is 0 Å². The van der Waals surface area contributed by atoms with E-state index in [0.717, 1.165) is 23.5 Å². The molecule has 94 valence electrons. The molecule has 1 N–H and O–H groups in total. The smallest absolute Gasteiger partial charge is 0.187 e. The minimum absolute atomic E-state index is 0.748. The first-order chi connectivity index (χ1) is 8.38. The maximum absolute atomic E-state index is 4.39. The van der Waals surface area contributed by atoms with Gasteiger partial charge < -0.3 is 5.32 Å². The molecule has 2 rings (SSSR count). The third-order valence-electron chi connectivity index (χ3n) is 2.83. The highest BCUT2D eigenvalue weighted by Gasteiger charge is 2.19. The van der Waals surface area contributed by atoms with Crippen molar-refractivity contribution in [3.63, 3.8) is 0 Å². The highest BCUT2D eigenvalue weighted by atomic mass is 32.2. The van der Waals surface area contributed by atoms with Crippen LogP contribution in [0.3, 0.4) is 0 Å². The number of rotatable bonds is 8. The second kappa shape index (κ2) is 6.97. The molecule has 4 heteroatoms. The van der Waals surface area contributed by atoms with Crippen LogP contribution < -0.4 is 5.32 Å². The molecular formula is C13H21N3S. The average Bonchev–Trinajstić information content (AvgIpc) is 3.18. The molecule has 1 heterocycles. The summed E-state index contributed by atoms with van der Waals surface area (Å²) in [6.07, 6.45) is 10.4. The van der Waals surface area contributed by atoms with Crippen LogP contribution in [0.4, 0.5) is 0 Å². The van der Waals surface area contributed by atoms with E-state index in [1.165, 1.54) is 37.7 Å². The summed E-state index contributed by atoms with van der Waals surface area (Å²) in [4.78, 5) is 8.77. The molecule has 0 atom stereocenters. The summed E-state index contributed by atoms with van der Waals surface area (Å²) in [6, 6.07) is 0.748. The van der Waals surface area contributed by atoms with Gasteiger partial charge in [-0.3, -0.25) is 0 Å². The predicted octanol–water partition coefficient (Wildman–Crippen LogP) is 3.01. The van der Waals surface area contributed by atoms with E-state index >= 15 is 0 Å². The van der Waals surface area contributed by atoms with Gasteiger partial charge in [-0.15, -0.1) is 0 Å². The third kappa shape index (κ3) is 5.04. The van der Waals surface area contributed by atoms with Crippen LogP contribution in [0, 0.1) is 0 Å². The highest BCUT2D eigenvalue weighted by Crippen LogP contribution is 2.19. The van der Waals surface area contributed by atoms with Gasteiger partial charge in [0.15, 0.2) is 5.16 Å². The molecule has 1 aliphatic rings. The molecule has 0 aromatic carbocycles. The molecule has 0 aliphatic heterocycles. The lowest BCUT2D eigenvalue weighted by molar-refractivity contribution is 0.680. The van der Waals surface area contributed by atoms with Gasteiger partial charge >= 0.3 is 0 Å². The van der Waals surface area contributed by atoms with Crippen LogP contribution in [0.2, 0.25) is 0 Å². The first-order valence-electron chi connectivity index (χ1n) is 6.55. The van der Waals surface area contributed by atoms with Crippen molar-refractivity contribution in [2.75, 3.05) is 5.75 Å². The van der Waals surface area contributed by atoms with E-state index in [4.69, 9.17) is 0 Å². The Bertz CT molecular complexity index is 322. The fourth-order valence-corrected chi connectivity index (χ4v) is 2.36. The summed E-state index contributed by atoms with van der Waals surface area (Å²) in [5, 5.41) is 4.38. The molecule has 3 nitrogen and oxygen atoms in total. The normalized spacial score (nSPS) is 15.1. The Labute approximate surface area is 108 Å². The Morgan fingerprint density at radius 3 is 2.71 bits per heavy atom. The zero-order valence-corrected chi connectivity index (χ0v) is 11.3. The number of thioether (sulfide) groups is 1. The summed E-state index contributed by atoms with van der Waals surface area (Å²) in [7, 11) is 0. The molecule has 1 saturated carbocycles. The minimum atomic E-state index is 0.748. The van der Waals surface area contributed by atoms with Crippen LogP contribution in [0.25, 0.3) is 0 Å². The second-order valence-corrected chi connectivity index (χ2v) is 5.65. The van der Waals surface area contributed by atoms with Crippen LogP contribution in [-0.4, -0.2) is 21.8 Å². The molecule has 0 amide bonds. The van der Waals surface area contributed by atoms with E-state index in [-0.39, 0.29) is 0 Å². The molecule has 1 fully saturated rings. The zero-order chi connectivity index (χ0) is 11.9. The standard InChI is InChI=1S/C13H21N3S/c1-2-3-4-7-17-13-15-9-11(10-16-13)8-14-12-5-6-12/h9-10,12,14H,2-8H2,1H3. The predicted molar refractivity (Wildman–Crippen MR) is 72.1 cm³/mol. The monoisotopic (exact) mass is 251 g/mol. The fraction of sp³-hybridized carbons (Fsp3) is 0.692. The number of nitrogens with zero attached hydrogens (tertiary/aromatic N) is 2. The van der Waals surface area contributed by atoms with Crippen LogP contribution >= 0.6 is 11.8 Å². The Morgan fingerprint density at radius 2 is 2.06 bits per heavy atom. The first kappa shape index (κ1) is 12.8. The van der Waals surface area contributed by atoms with Gasteiger partial charge in [0.1, 0.15) is 0 Å². The van der Waals surface area contributed by atoms with Crippen LogP contribution in [0.1, 0.15) is 44.6 Å². The molecule has 1 aromatic heterocycles. The lowest BCUT2D eigenvalue weighted by Gasteiger charge is -2.03. The minimum Gasteiger partial charge on any atom is -0.310 e. The summed E-state index contributed by atoms with van der Waals surface area (Å²) in [5.41, 5.74) is 1.19. The molecule has 1 aliphatic carbocycles. The van der Waals surface area contributed by atoms with Crippen LogP contribution in [-0.2, 0) is 6.54 Å². The van der Waals surface area contributed by atoms with Crippen molar-refractivity contribution >= 4 is 11.8 Å². The van der Waals surface area contributed by atoms with Crippen molar-refractivity contribution < 1.29 is 0 Å². The lowest BCUT2D eigenvalue weighted by Crippen LogP contribution is -2.15. The quantitative estimate of drug-likeness (QED) is 0.438. The number of unbranched alkanes of at least 4 members (excludes halogenated alkanes) is 2. The average molecular weight is 251 g/mol. The van der Waals surface area contributed by atoms with Gasteiger partial charge in [0, 0.05) is 36.3 Å². The Morgan fingerprint density at radius 1 is 1.29 bits per heavy atom. The van der Waals surface area contributed by atoms with Crippen molar-refractivity contribution in [3.8, 4) is 0 Å². The third-order valence-corrected chi connectivity index (χ3v) is 3.79. The van der Waals surface area contributed by atoms with Gasteiger partial charge in [-0.05, 0) is 19.3 Å². The van der Waals surface area contributed by atoms with E-state index in [1.54, 1.807) is 11.8 Å². The Hall–Kier alpha value is -0.610. The first-order valence-corrected chi connectivity index (χ1v) is 7.54. The number of nitrogens with one attached hydrogen (secondary N) is 1. The second-order valence-electron chi connectivity index (χ2n) is 4.58. The van der Waals surface area contributed by atoms with Gasteiger partial charge in [0.05, 0.1) is 0 Å². The lowest BCUT2D eigenvalue weighted by atomic mass is 10.3. The Kier molecular flexibility index (Phi) is 5.26. The van der Waals surface area contributed by atoms with Crippen molar-refractivity contribution in [2.24, 2.45) is 0 Å². The van der Waals surface area contributed by atoms with E-state index in [0.29, 0.717) is 0 Å². The zero-order valence-electron chi connectivity index (χ0n) is 10.5. The topological polar surface area (TPSA) is 37.8 Å². The number of hydrogen-bond acceptors (Lipinski definition) is 4.